The van der Waals surface area contributed by atoms with Crippen LogP contribution in [0.25, 0.3) is 0 Å². The predicted octanol–water partition coefficient (Wildman–Crippen LogP) is 4.75. The molecule has 1 atom stereocenters. The van der Waals surface area contributed by atoms with Gasteiger partial charge in [-0.15, -0.1) is 0 Å². The van der Waals surface area contributed by atoms with Crippen molar-refractivity contribution in [2.24, 2.45) is 0 Å². The Morgan fingerprint density at radius 3 is 2.53 bits per heavy atom. The Balaban J connectivity index is 2.05. The Labute approximate surface area is 178 Å². The minimum atomic E-state index is -0.378. The number of methoxy groups -OCH3 is 1. The number of hydrogen-bond donors (Lipinski definition) is 0. The molecule has 0 bridgehead atoms. The molecule has 0 saturated heterocycles. The Bertz CT molecular complexity index is 977. The van der Waals surface area contributed by atoms with Crippen molar-refractivity contribution in [3.05, 3.63) is 76.5 Å². The van der Waals surface area contributed by atoms with Gasteiger partial charge in [0, 0.05) is 18.0 Å². The van der Waals surface area contributed by atoms with E-state index < -0.39 is 0 Å². The van der Waals surface area contributed by atoms with Crippen LogP contribution in [0.2, 0.25) is 0 Å². The molecule has 0 spiro atoms. The van der Waals surface area contributed by atoms with Gasteiger partial charge in [0.1, 0.15) is 5.75 Å². The minimum absolute atomic E-state index is 0.0112. The molecule has 0 unspecified atom stereocenters. The lowest BCUT2D eigenvalue weighted by Crippen LogP contribution is -2.38. The van der Waals surface area contributed by atoms with Crippen LogP contribution in [0, 0.1) is 6.92 Å². The van der Waals surface area contributed by atoms with E-state index in [0.29, 0.717) is 23.6 Å². The molecule has 0 aliphatic carbocycles. The smallest absolute Gasteiger partial charge is 0.336 e. The molecule has 2 aromatic rings. The minimum Gasteiger partial charge on any atom is -0.497 e. The highest BCUT2D eigenvalue weighted by atomic mass is 16.5. The van der Waals surface area contributed by atoms with Gasteiger partial charge in [-0.3, -0.25) is 4.79 Å². The van der Waals surface area contributed by atoms with E-state index in [9.17, 15) is 9.59 Å². The van der Waals surface area contributed by atoms with E-state index in [2.05, 4.69) is 6.07 Å². The van der Waals surface area contributed by atoms with Gasteiger partial charge in [-0.2, -0.15) is 0 Å². The van der Waals surface area contributed by atoms with E-state index in [1.54, 1.807) is 12.0 Å². The molecule has 0 saturated carbocycles. The summed E-state index contributed by atoms with van der Waals surface area (Å²) >= 11 is 0. The van der Waals surface area contributed by atoms with Crippen molar-refractivity contribution in [3.8, 4) is 5.75 Å². The number of amides is 1. The molecule has 2 aromatic carbocycles. The first kappa shape index (κ1) is 21.6. The number of hydrogen-bond acceptors (Lipinski definition) is 4. The topological polar surface area (TPSA) is 55.8 Å². The lowest BCUT2D eigenvalue weighted by Gasteiger charge is -2.35. The maximum absolute atomic E-state index is 13.1. The van der Waals surface area contributed by atoms with Crippen LogP contribution >= 0.6 is 0 Å². The highest BCUT2D eigenvalue weighted by Gasteiger charge is 2.37. The fraction of sp³-hybridized carbons (Fsp3) is 0.360. The fourth-order valence-corrected chi connectivity index (χ4v) is 3.88. The van der Waals surface area contributed by atoms with Gasteiger partial charge in [0.2, 0.25) is 5.91 Å². The molecule has 1 aliphatic heterocycles. The molecule has 0 radical (unpaired) electrons. The molecular formula is C25H29NO4. The lowest BCUT2D eigenvalue weighted by molar-refractivity contribution is -0.143. The summed E-state index contributed by atoms with van der Waals surface area (Å²) in [6.07, 6.45) is -0.0367. The molecule has 5 nitrogen and oxygen atoms in total. The number of nitrogens with zero attached hydrogens (tertiary/aromatic N) is 1. The van der Waals surface area contributed by atoms with Crippen LogP contribution in [-0.2, 0) is 20.9 Å². The summed E-state index contributed by atoms with van der Waals surface area (Å²) in [6, 6.07) is 15.6. The van der Waals surface area contributed by atoms with Crippen LogP contribution in [0.5, 0.6) is 5.75 Å². The van der Waals surface area contributed by atoms with Crippen LogP contribution in [0.3, 0.4) is 0 Å². The number of carbonyl (C=O) groups is 2. The quantitative estimate of drug-likeness (QED) is 0.649. The first-order valence-electron chi connectivity index (χ1n) is 10.2. The maximum Gasteiger partial charge on any atom is 0.336 e. The van der Waals surface area contributed by atoms with E-state index in [1.165, 1.54) is 0 Å². The normalized spacial score (nSPS) is 16.8. The zero-order valence-electron chi connectivity index (χ0n) is 18.3. The second kappa shape index (κ2) is 9.16. The van der Waals surface area contributed by atoms with Gasteiger partial charge < -0.3 is 14.4 Å². The third-order valence-electron chi connectivity index (χ3n) is 5.30. The number of ether oxygens (including phenoxy) is 2. The van der Waals surface area contributed by atoms with E-state index >= 15 is 0 Å². The fourth-order valence-electron chi connectivity index (χ4n) is 3.88. The molecule has 5 heteroatoms. The summed E-state index contributed by atoms with van der Waals surface area (Å²) in [4.78, 5) is 27.9. The van der Waals surface area contributed by atoms with Gasteiger partial charge >= 0.3 is 5.97 Å². The monoisotopic (exact) mass is 407 g/mol. The third kappa shape index (κ3) is 4.73. The van der Waals surface area contributed by atoms with Gasteiger partial charge in [-0.05, 0) is 51.0 Å². The molecule has 30 heavy (non-hydrogen) atoms. The largest absolute Gasteiger partial charge is 0.497 e. The zero-order chi connectivity index (χ0) is 21.8. The van der Waals surface area contributed by atoms with Crippen LogP contribution < -0.4 is 4.74 Å². The first-order valence-corrected chi connectivity index (χ1v) is 10.2. The lowest BCUT2D eigenvalue weighted by atomic mass is 9.83. The van der Waals surface area contributed by atoms with Crippen LogP contribution in [0.4, 0.5) is 0 Å². The average Bonchev–Trinajstić information content (AvgIpc) is 2.70. The van der Waals surface area contributed by atoms with Crippen LogP contribution in [-0.4, -0.2) is 30.0 Å². The highest BCUT2D eigenvalue weighted by Crippen LogP contribution is 2.38. The van der Waals surface area contributed by atoms with E-state index in [0.717, 1.165) is 16.7 Å². The Kier molecular flexibility index (Phi) is 6.60. The van der Waals surface area contributed by atoms with Crippen molar-refractivity contribution in [1.82, 2.24) is 4.90 Å². The SMILES string of the molecule is COc1cccc([C@H]2CC(=O)N(Cc3cccc(C)c3)C(C)=C2C(=O)OC(C)C)c1. The van der Waals surface area contributed by atoms with Crippen molar-refractivity contribution in [1.29, 1.82) is 0 Å². The summed E-state index contributed by atoms with van der Waals surface area (Å²) in [5.74, 6) is -0.0658. The van der Waals surface area contributed by atoms with E-state index in [4.69, 9.17) is 9.47 Å². The molecule has 158 valence electrons. The Morgan fingerprint density at radius 2 is 1.87 bits per heavy atom. The number of benzene rings is 2. The number of carbonyl (C=O) groups excluding carboxylic acids is 2. The van der Waals surface area contributed by atoms with Crippen molar-refractivity contribution in [2.75, 3.05) is 7.11 Å². The number of esters is 1. The summed E-state index contributed by atoms with van der Waals surface area (Å²) in [5.41, 5.74) is 4.20. The van der Waals surface area contributed by atoms with Gasteiger partial charge in [0.25, 0.3) is 0 Å². The van der Waals surface area contributed by atoms with Gasteiger partial charge in [0.05, 0.1) is 25.3 Å². The Morgan fingerprint density at radius 1 is 1.13 bits per heavy atom. The molecule has 1 aliphatic rings. The molecule has 1 amide bonds. The molecule has 1 heterocycles. The highest BCUT2D eigenvalue weighted by molar-refractivity contribution is 5.96. The summed E-state index contributed by atoms with van der Waals surface area (Å²) < 4.78 is 10.9. The molecule has 0 fully saturated rings. The van der Waals surface area contributed by atoms with Gasteiger partial charge in [0.15, 0.2) is 0 Å². The number of rotatable bonds is 6. The predicted molar refractivity (Wildman–Crippen MR) is 116 cm³/mol. The van der Waals surface area contributed by atoms with Crippen molar-refractivity contribution in [3.63, 3.8) is 0 Å². The third-order valence-corrected chi connectivity index (χ3v) is 5.30. The molecular weight excluding hydrogens is 378 g/mol. The first-order chi connectivity index (χ1) is 14.3. The number of aryl methyl sites for hydroxylation is 1. The average molecular weight is 408 g/mol. The Hall–Kier alpha value is -3.08. The standard InChI is InChI=1S/C25H29NO4/c1-16(2)30-25(28)24-18(4)26(15-19-9-6-8-17(3)12-19)23(27)14-22(24)20-10-7-11-21(13-20)29-5/h6-13,16,22H,14-15H2,1-5H3/t22-/m1/s1. The second-order valence-electron chi connectivity index (χ2n) is 7.96. The van der Waals surface area contributed by atoms with Crippen LogP contribution in [0.1, 0.15) is 49.8 Å². The molecule has 0 aromatic heterocycles. The van der Waals surface area contributed by atoms with E-state index in [1.807, 2.05) is 70.2 Å². The van der Waals surface area contributed by atoms with Gasteiger partial charge in [-0.1, -0.05) is 42.0 Å². The maximum atomic E-state index is 13.1. The van der Waals surface area contributed by atoms with Crippen LogP contribution in [0.15, 0.2) is 59.8 Å². The van der Waals surface area contributed by atoms with Gasteiger partial charge in [-0.25, -0.2) is 4.79 Å². The number of allylic oxidation sites excluding steroid dienone is 1. The summed E-state index contributed by atoms with van der Waals surface area (Å²) in [6.45, 7) is 7.93. The van der Waals surface area contributed by atoms with Crippen molar-refractivity contribution < 1.29 is 19.1 Å². The molecule has 3 rings (SSSR count). The van der Waals surface area contributed by atoms with Crippen molar-refractivity contribution >= 4 is 11.9 Å². The zero-order valence-corrected chi connectivity index (χ0v) is 18.3. The van der Waals surface area contributed by atoms with Crippen molar-refractivity contribution in [2.45, 2.75) is 52.7 Å². The summed E-state index contributed by atoms with van der Waals surface area (Å²) in [5, 5.41) is 0. The molecule has 0 N–H and O–H groups in total. The second-order valence-corrected chi connectivity index (χ2v) is 7.96. The van der Waals surface area contributed by atoms with E-state index in [-0.39, 0.29) is 30.3 Å². The summed E-state index contributed by atoms with van der Waals surface area (Å²) in [7, 11) is 1.60.